The smallest absolute Gasteiger partial charge is 0.343 e. The third-order valence-electron chi connectivity index (χ3n) is 2.01. The van der Waals surface area contributed by atoms with Crippen LogP contribution in [0.1, 0.15) is 15.9 Å². The van der Waals surface area contributed by atoms with Crippen LogP contribution < -0.4 is 11.1 Å². The molecule has 0 unspecified atom stereocenters. The van der Waals surface area contributed by atoms with E-state index < -0.39 is 18.6 Å². The number of nitrogens with two attached hydrogens (primary N) is 1. The van der Waals surface area contributed by atoms with Crippen LogP contribution in [0.5, 0.6) is 0 Å². The molecule has 0 atom stereocenters. The summed E-state index contributed by atoms with van der Waals surface area (Å²) in [6.07, 6.45) is -4.45. The van der Waals surface area contributed by atoms with Crippen LogP contribution in [-0.4, -0.2) is 25.2 Å². The molecule has 0 aliphatic carbocycles. The van der Waals surface area contributed by atoms with Crippen LogP contribution in [0.3, 0.4) is 0 Å². The molecule has 1 aromatic rings. The van der Waals surface area contributed by atoms with Gasteiger partial charge in [-0.2, -0.15) is 13.2 Å². The standard InChI is InChI=1S/C12H10ClF3N2O/c13-10-6-9(4-3-8(10)2-1-5-17)11(19)18-7-12(14,15)16/h3-4,6H,5,7,17H2,(H,18,19). The molecular formula is C12H10ClF3N2O. The number of amides is 1. The molecule has 0 aliphatic heterocycles. The van der Waals surface area contributed by atoms with Crippen molar-refractivity contribution in [2.24, 2.45) is 5.73 Å². The number of rotatable bonds is 2. The Kier molecular flexibility index (Phi) is 5.21. The Hall–Kier alpha value is -1.71. The molecule has 0 fully saturated rings. The predicted octanol–water partition coefficient (Wildman–Crippen LogP) is 1.94. The lowest BCUT2D eigenvalue weighted by atomic mass is 10.1. The molecule has 7 heteroatoms. The lowest BCUT2D eigenvalue weighted by Crippen LogP contribution is -2.33. The van der Waals surface area contributed by atoms with Crippen molar-refractivity contribution in [2.75, 3.05) is 13.1 Å². The molecule has 19 heavy (non-hydrogen) atoms. The topological polar surface area (TPSA) is 55.1 Å². The van der Waals surface area contributed by atoms with Gasteiger partial charge in [-0.05, 0) is 18.2 Å². The summed E-state index contributed by atoms with van der Waals surface area (Å²) >= 11 is 5.85. The Morgan fingerprint density at radius 2 is 2.11 bits per heavy atom. The Morgan fingerprint density at radius 3 is 2.63 bits per heavy atom. The average Bonchev–Trinajstić information content (AvgIpc) is 2.33. The number of hydrogen-bond acceptors (Lipinski definition) is 2. The van der Waals surface area contributed by atoms with E-state index in [0.717, 1.165) is 0 Å². The van der Waals surface area contributed by atoms with Crippen molar-refractivity contribution in [3.63, 3.8) is 0 Å². The number of carbonyl (C=O) groups is 1. The second-order valence-corrected chi connectivity index (χ2v) is 3.91. The van der Waals surface area contributed by atoms with Crippen LogP contribution in [0.2, 0.25) is 5.02 Å². The van der Waals surface area contributed by atoms with E-state index in [1.54, 1.807) is 5.32 Å². The number of halogens is 4. The molecule has 1 aromatic carbocycles. The molecule has 0 heterocycles. The molecule has 0 radical (unpaired) electrons. The van der Waals surface area contributed by atoms with Gasteiger partial charge in [0.25, 0.3) is 5.91 Å². The first-order valence-electron chi connectivity index (χ1n) is 5.17. The SMILES string of the molecule is NCC#Cc1ccc(C(=O)NCC(F)(F)F)cc1Cl. The molecule has 3 N–H and O–H groups in total. The fourth-order valence-corrected chi connectivity index (χ4v) is 1.41. The maximum absolute atomic E-state index is 11.9. The lowest BCUT2D eigenvalue weighted by molar-refractivity contribution is -0.123. The predicted molar refractivity (Wildman–Crippen MR) is 65.8 cm³/mol. The maximum atomic E-state index is 11.9. The molecule has 0 aromatic heterocycles. The molecule has 1 rings (SSSR count). The molecule has 0 aliphatic rings. The van der Waals surface area contributed by atoms with E-state index in [-0.39, 0.29) is 17.1 Å². The van der Waals surface area contributed by atoms with Crippen LogP contribution in [0.25, 0.3) is 0 Å². The highest BCUT2D eigenvalue weighted by Gasteiger charge is 2.27. The van der Waals surface area contributed by atoms with E-state index in [1.165, 1.54) is 18.2 Å². The molecular weight excluding hydrogens is 281 g/mol. The Morgan fingerprint density at radius 1 is 1.42 bits per heavy atom. The quantitative estimate of drug-likeness (QED) is 0.818. The highest BCUT2D eigenvalue weighted by molar-refractivity contribution is 6.32. The minimum absolute atomic E-state index is 0.0348. The lowest BCUT2D eigenvalue weighted by Gasteiger charge is -2.08. The first-order chi connectivity index (χ1) is 8.83. The van der Waals surface area contributed by atoms with Crippen molar-refractivity contribution in [2.45, 2.75) is 6.18 Å². The summed E-state index contributed by atoms with van der Waals surface area (Å²) in [5.74, 6) is 4.41. The molecule has 3 nitrogen and oxygen atoms in total. The molecule has 0 spiro atoms. The normalized spacial score (nSPS) is 10.6. The van der Waals surface area contributed by atoms with Gasteiger partial charge in [-0.25, -0.2) is 0 Å². The van der Waals surface area contributed by atoms with Crippen LogP contribution >= 0.6 is 11.6 Å². The zero-order valence-electron chi connectivity index (χ0n) is 9.64. The van der Waals surface area contributed by atoms with Crippen molar-refractivity contribution in [1.82, 2.24) is 5.32 Å². The van der Waals surface area contributed by atoms with Gasteiger partial charge in [-0.1, -0.05) is 23.4 Å². The van der Waals surface area contributed by atoms with Crippen molar-refractivity contribution >= 4 is 17.5 Å². The molecule has 0 saturated heterocycles. The van der Waals surface area contributed by atoms with Gasteiger partial charge in [-0.15, -0.1) is 0 Å². The zero-order chi connectivity index (χ0) is 14.5. The molecule has 102 valence electrons. The third-order valence-corrected chi connectivity index (χ3v) is 2.32. The highest BCUT2D eigenvalue weighted by Crippen LogP contribution is 2.17. The summed E-state index contributed by atoms with van der Waals surface area (Å²) in [6, 6.07) is 4.05. The molecule has 0 bridgehead atoms. The van der Waals surface area contributed by atoms with E-state index in [1.807, 2.05) is 0 Å². The number of alkyl halides is 3. The van der Waals surface area contributed by atoms with Gasteiger partial charge in [0, 0.05) is 11.1 Å². The van der Waals surface area contributed by atoms with Gasteiger partial charge < -0.3 is 11.1 Å². The summed E-state index contributed by atoms with van der Waals surface area (Å²) in [5.41, 5.74) is 5.69. The Labute approximate surface area is 112 Å². The van der Waals surface area contributed by atoms with E-state index >= 15 is 0 Å². The summed E-state index contributed by atoms with van der Waals surface area (Å²) in [4.78, 5) is 11.4. The number of carbonyl (C=O) groups excluding carboxylic acids is 1. The van der Waals surface area contributed by atoms with Crippen LogP contribution in [0, 0.1) is 11.8 Å². The van der Waals surface area contributed by atoms with Gasteiger partial charge in [-0.3, -0.25) is 4.79 Å². The van der Waals surface area contributed by atoms with Gasteiger partial charge in [0.15, 0.2) is 0 Å². The maximum Gasteiger partial charge on any atom is 0.405 e. The second-order valence-electron chi connectivity index (χ2n) is 3.50. The van der Waals surface area contributed by atoms with Crippen LogP contribution in [0.15, 0.2) is 18.2 Å². The minimum Gasteiger partial charge on any atom is -0.343 e. The van der Waals surface area contributed by atoms with Crippen molar-refractivity contribution < 1.29 is 18.0 Å². The van der Waals surface area contributed by atoms with E-state index in [0.29, 0.717) is 5.56 Å². The fourth-order valence-electron chi connectivity index (χ4n) is 1.19. The number of benzene rings is 1. The van der Waals surface area contributed by atoms with Crippen LogP contribution in [0.4, 0.5) is 13.2 Å². The Bertz CT molecular complexity index is 532. The first-order valence-corrected chi connectivity index (χ1v) is 5.54. The number of nitrogens with one attached hydrogen (secondary N) is 1. The monoisotopic (exact) mass is 290 g/mol. The Balaban J connectivity index is 2.80. The van der Waals surface area contributed by atoms with Gasteiger partial charge in [0.2, 0.25) is 0 Å². The van der Waals surface area contributed by atoms with E-state index in [2.05, 4.69) is 11.8 Å². The summed E-state index contributed by atoms with van der Waals surface area (Å²) < 4.78 is 35.8. The second kappa shape index (κ2) is 6.45. The minimum atomic E-state index is -4.45. The molecule has 0 saturated carbocycles. The summed E-state index contributed by atoms with van der Waals surface area (Å²) in [6.45, 7) is -1.23. The van der Waals surface area contributed by atoms with Crippen molar-refractivity contribution in [1.29, 1.82) is 0 Å². The first kappa shape index (κ1) is 15.3. The highest BCUT2D eigenvalue weighted by atomic mass is 35.5. The largest absolute Gasteiger partial charge is 0.405 e. The fraction of sp³-hybridized carbons (Fsp3) is 0.250. The van der Waals surface area contributed by atoms with Crippen LogP contribution in [-0.2, 0) is 0 Å². The van der Waals surface area contributed by atoms with Gasteiger partial charge in [0.05, 0.1) is 11.6 Å². The van der Waals surface area contributed by atoms with Gasteiger partial charge >= 0.3 is 6.18 Å². The average molecular weight is 291 g/mol. The summed E-state index contributed by atoms with van der Waals surface area (Å²) in [5, 5.41) is 1.93. The summed E-state index contributed by atoms with van der Waals surface area (Å²) in [7, 11) is 0. The van der Waals surface area contributed by atoms with E-state index in [4.69, 9.17) is 17.3 Å². The zero-order valence-corrected chi connectivity index (χ0v) is 10.4. The van der Waals surface area contributed by atoms with E-state index in [9.17, 15) is 18.0 Å². The third kappa shape index (κ3) is 5.20. The number of hydrogen-bond donors (Lipinski definition) is 2. The molecule has 1 amide bonds. The van der Waals surface area contributed by atoms with Crippen molar-refractivity contribution in [3.8, 4) is 11.8 Å². The van der Waals surface area contributed by atoms with Crippen molar-refractivity contribution in [3.05, 3.63) is 34.3 Å². The van der Waals surface area contributed by atoms with Gasteiger partial charge in [0.1, 0.15) is 6.54 Å².